The maximum absolute atomic E-state index is 13.7. The molecule has 238 valence electrons. The first-order valence-corrected chi connectivity index (χ1v) is 16.5. The number of hydrogen-bond acceptors (Lipinski definition) is 6. The quantitative estimate of drug-likeness (QED) is 0.198. The largest absolute Gasteiger partial charge is 0.361 e. The third kappa shape index (κ3) is 8.65. The number of rotatable bonds is 11. The minimum absolute atomic E-state index is 0.0295. The van der Waals surface area contributed by atoms with Crippen LogP contribution in [0.25, 0.3) is 10.9 Å². The molecule has 2 heterocycles. The number of fused-ring (bicyclic) bond motifs is 1. The molecule has 1 fully saturated rings. The lowest BCUT2D eigenvalue weighted by molar-refractivity contribution is -0.136. The molecule has 0 aliphatic carbocycles. The van der Waals surface area contributed by atoms with Crippen LogP contribution in [0.2, 0.25) is 0 Å². The van der Waals surface area contributed by atoms with Gasteiger partial charge >= 0.3 is 0 Å². The number of H-pyrrole nitrogens is 1. The van der Waals surface area contributed by atoms with E-state index in [4.69, 9.17) is 5.73 Å². The summed E-state index contributed by atoms with van der Waals surface area (Å²) in [6.07, 6.45) is 3.78. The molecule has 13 heteroatoms. The highest BCUT2D eigenvalue weighted by molar-refractivity contribution is 7.92. The molecule has 2 amide bonds. The average Bonchev–Trinajstić information content (AvgIpc) is 3.37. The van der Waals surface area contributed by atoms with Gasteiger partial charge in [0.25, 0.3) is 0 Å². The van der Waals surface area contributed by atoms with Crippen molar-refractivity contribution in [2.75, 3.05) is 42.5 Å². The fraction of sp³-hybridized carbons (Fsp3) is 0.312. The van der Waals surface area contributed by atoms with Gasteiger partial charge in [0.2, 0.25) is 21.8 Å². The molecule has 1 unspecified atom stereocenters. The minimum Gasteiger partial charge on any atom is -0.361 e. The summed E-state index contributed by atoms with van der Waals surface area (Å²) in [5.41, 5.74) is 9.63. The van der Waals surface area contributed by atoms with Crippen molar-refractivity contribution >= 4 is 44.1 Å². The summed E-state index contributed by atoms with van der Waals surface area (Å²) in [7, 11) is -3.47. The fourth-order valence-electron chi connectivity index (χ4n) is 5.78. The molecule has 5 N–H and O–H groups in total. The van der Waals surface area contributed by atoms with Gasteiger partial charge in [-0.05, 0) is 60.4 Å². The van der Waals surface area contributed by atoms with Crippen LogP contribution in [-0.2, 0) is 32.5 Å². The summed E-state index contributed by atoms with van der Waals surface area (Å²) in [6, 6.07) is 17.1. The molecule has 2 atom stereocenters. The van der Waals surface area contributed by atoms with Crippen LogP contribution in [0.1, 0.15) is 17.5 Å². The molecule has 1 saturated heterocycles. The number of nitrogens with two attached hydrogens (primary N) is 1. The molecule has 0 spiro atoms. The molecule has 3 aromatic carbocycles. The van der Waals surface area contributed by atoms with E-state index in [1.165, 1.54) is 6.07 Å². The number of sulfonamides is 1. The summed E-state index contributed by atoms with van der Waals surface area (Å²) < 4.78 is 52.6. The zero-order chi connectivity index (χ0) is 32.1. The van der Waals surface area contributed by atoms with E-state index in [0.29, 0.717) is 43.0 Å². The molecule has 0 radical (unpaired) electrons. The molecule has 0 bridgehead atoms. The van der Waals surface area contributed by atoms with Crippen LogP contribution in [-0.4, -0.2) is 79.5 Å². The van der Waals surface area contributed by atoms with Crippen LogP contribution in [0.15, 0.2) is 72.9 Å². The van der Waals surface area contributed by atoms with Crippen LogP contribution >= 0.6 is 0 Å². The van der Waals surface area contributed by atoms with E-state index < -0.39 is 27.7 Å². The van der Waals surface area contributed by atoms with Crippen molar-refractivity contribution in [1.82, 2.24) is 14.8 Å². The number of carbonyl (C=O) groups excluding carboxylic acids is 2. The number of benzene rings is 3. The van der Waals surface area contributed by atoms with Crippen molar-refractivity contribution in [1.29, 1.82) is 0 Å². The van der Waals surface area contributed by atoms with Gasteiger partial charge in [0.15, 0.2) is 11.6 Å². The van der Waals surface area contributed by atoms with E-state index in [1.54, 1.807) is 24.3 Å². The van der Waals surface area contributed by atoms with Gasteiger partial charge in [-0.25, -0.2) is 17.2 Å². The van der Waals surface area contributed by atoms with Gasteiger partial charge in [-0.1, -0.05) is 30.3 Å². The lowest BCUT2D eigenvalue weighted by atomic mass is 9.99. The Morgan fingerprint density at radius 1 is 1.02 bits per heavy atom. The highest BCUT2D eigenvalue weighted by atomic mass is 32.2. The number of halogens is 2. The Morgan fingerprint density at radius 3 is 2.58 bits per heavy atom. The van der Waals surface area contributed by atoms with Crippen molar-refractivity contribution in [3.63, 3.8) is 0 Å². The van der Waals surface area contributed by atoms with Crippen molar-refractivity contribution in [2.24, 2.45) is 5.73 Å². The summed E-state index contributed by atoms with van der Waals surface area (Å²) in [5, 5.41) is 3.88. The molecule has 1 aliphatic heterocycles. The maximum Gasteiger partial charge on any atom is 0.238 e. The highest BCUT2D eigenvalue weighted by Gasteiger charge is 2.32. The summed E-state index contributed by atoms with van der Waals surface area (Å²) in [6.45, 7) is 1.35. The molecule has 45 heavy (non-hydrogen) atoms. The minimum atomic E-state index is -3.47. The predicted molar refractivity (Wildman–Crippen MR) is 170 cm³/mol. The Bertz CT molecular complexity index is 1800. The molecule has 1 aliphatic rings. The molecule has 4 aromatic rings. The first kappa shape index (κ1) is 32.1. The van der Waals surface area contributed by atoms with E-state index in [2.05, 4.69) is 15.0 Å². The molecular weight excluding hydrogens is 602 g/mol. The first-order chi connectivity index (χ1) is 21.4. The average molecular weight is 639 g/mol. The maximum atomic E-state index is 13.7. The zero-order valence-corrected chi connectivity index (χ0v) is 25.6. The second-order valence-corrected chi connectivity index (χ2v) is 13.2. The van der Waals surface area contributed by atoms with Gasteiger partial charge in [0, 0.05) is 60.9 Å². The SMILES string of the molecule is CS(=O)(=O)Nc1cccc(NC(=O)CN2CCN(C(=O)C[C@H](N)Cc3ccc(F)c(F)c3)C(Cc3c[nH]c4ccccc34)C2)c1. The van der Waals surface area contributed by atoms with Crippen LogP contribution in [0.4, 0.5) is 20.2 Å². The number of nitrogens with one attached hydrogen (secondary N) is 3. The van der Waals surface area contributed by atoms with Gasteiger partial charge in [0.1, 0.15) is 0 Å². The molecule has 1 aromatic heterocycles. The zero-order valence-electron chi connectivity index (χ0n) is 24.8. The van der Waals surface area contributed by atoms with Gasteiger partial charge in [0.05, 0.1) is 18.5 Å². The molecular formula is C32H36F2N6O4S. The third-order valence-corrected chi connectivity index (χ3v) is 8.36. The molecule has 0 saturated carbocycles. The second kappa shape index (κ2) is 13.8. The predicted octanol–water partition coefficient (Wildman–Crippen LogP) is 3.47. The van der Waals surface area contributed by atoms with Gasteiger partial charge < -0.3 is 20.9 Å². The van der Waals surface area contributed by atoms with Gasteiger partial charge in [-0.2, -0.15) is 0 Å². The summed E-state index contributed by atoms with van der Waals surface area (Å²) >= 11 is 0. The standard InChI is InChI=1S/C32H36F2N6O4S/c1-45(43,44)38-25-6-4-5-24(17-25)37-31(41)20-39-11-12-40(26(19-39)15-22-18-36-30-8-3-2-7-27(22)30)32(42)16-23(35)13-21-9-10-28(33)29(34)14-21/h2-10,14,17-18,23,26,36,38H,11-13,15-16,19-20,35H2,1H3,(H,37,41)/t23-,26?/m1/s1. The number of amides is 2. The molecule has 5 rings (SSSR count). The van der Waals surface area contributed by atoms with Gasteiger partial charge in [-0.3, -0.25) is 19.2 Å². The topological polar surface area (TPSA) is 141 Å². The summed E-state index contributed by atoms with van der Waals surface area (Å²) in [4.78, 5) is 33.7. The van der Waals surface area contributed by atoms with E-state index in [9.17, 15) is 26.8 Å². The van der Waals surface area contributed by atoms with Crippen LogP contribution in [0, 0.1) is 11.6 Å². The number of aromatic nitrogens is 1. The fourth-order valence-corrected chi connectivity index (χ4v) is 6.34. The highest BCUT2D eigenvalue weighted by Crippen LogP contribution is 2.24. The molecule has 10 nitrogen and oxygen atoms in total. The number of piperazine rings is 1. The number of aromatic amines is 1. The number of carbonyl (C=O) groups is 2. The van der Waals surface area contributed by atoms with Crippen molar-refractivity contribution < 1.29 is 26.8 Å². The van der Waals surface area contributed by atoms with Gasteiger partial charge in [-0.15, -0.1) is 0 Å². The summed E-state index contributed by atoms with van der Waals surface area (Å²) in [5.74, 6) is -2.31. The Morgan fingerprint density at radius 2 is 1.80 bits per heavy atom. The normalized spacial score (nSPS) is 16.4. The van der Waals surface area contributed by atoms with Crippen LogP contribution in [0.5, 0.6) is 0 Å². The van der Waals surface area contributed by atoms with Crippen molar-refractivity contribution in [3.8, 4) is 0 Å². The number of hydrogen-bond donors (Lipinski definition) is 4. The van der Waals surface area contributed by atoms with E-state index >= 15 is 0 Å². The number of anilines is 2. The Hall–Kier alpha value is -4.33. The Labute approximate surface area is 260 Å². The lowest BCUT2D eigenvalue weighted by Crippen LogP contribution is -2.57. The van der Waals surface area contributed by atoms with E-state index in [1.807, 2.05) is 40.3 Å². The first-order valence-electron chi connectivity index (χ1n) is 14.6. The van der Waals surface area contributed by atoms with E-state index in [0.717, 1.165) is 34.9 Å². The number of nitrogens with zero attached hydrogens (tertiary/aromatic N) is 2. The Kier molecular flexibility index (Phi) is 9.80. The monoisotopic (exact) mass is 638 g/mol. The Balaban J connectivity index is 1.26. The lowest BCUT2D eigenvalue weighted by Gasteiger charge is -2.41. The van der Waals surface area contributed by atoms with Crippen LogP contribution < -0.4 is 15.8 Å². The second-order valence-electron chi connectivity index (χ2n) is 11.5. The van der Waals surface area contributed by atoms with Crippen molar-refractivity contribution in [3.05, 3.63) is 95.7 Å². The third-order valence-electron chi connectivity index (χ3n) is 7.75. The number of para-hydroxylation sites is 1. The van der Waals surface area contributed by atoms with E-state index in [-0.39, 0.29) is 37.2 Å². The van der Waals surface area contributed by atoms with Crippen LogP contribution in [0.3, 0.4) is 0 Å². The smallest absolute Gasteiger partial charge is 0.238 e. The van der Waals surface area contributed by atoms with Crippen molar-refractivity contribution in [2.45, 2.75) is 31.3 Å².